The quantitative estimate of drug-likeness (QED) is 0.379. The fraction of sp³-hybridized carbons (Fsp3) is 0.625. The fourth-order valence-corrected chi connectivity index (χ4v) is 2.74. The molecule has 0 aromatic carbocycles. The van der Waals surface area contributed by atoms with Crippen LogP contribution in [0.15, 0.2) is 23.3 Å². The molecule has 0 radical (unpaired) electrons. The second kappa shape index (κ2) is 10.8. The maximum atomic E-state index is 12.3. The molecular weight excluding hydrogens is 464 g/mol. The van der Waals surface area contributed by atoms with Gasteiger partial charge in [0.2, 0.25) is 5.88 Å². The van der Waals surface area contributed by atoms with Gasteiger partial charge in [0.1, 0.15) is 0 Å². The first-order valence-electron chi connectivity index (χ1n) is 8.01. The lowest BCUT2D eigenvalue weighted by Gasteiger charge is -2.22. The van der Waals surface area contributed by atoms with E-state index in [1.54, 1.807) is 26.3 Å². The number of rotatable bonds is 6. The number of aliphatic imine (C=N–C) groups is 1. The smallest absolute Gasteiger partial charge is 0.422 e. The van der Waals surface area contributed by atoms with Gasteiger partial charge in [0.15, 0.2) is 12.6 Å². The van der Waals surface area contributed by atoms with E-state index in [4.69, 9.17) is 9.47 Å². The lowest BCUT2D eigenvalue weighted by atomic mass is 10.1. The summed E-state index contributed by atoms with van der Waals surface area (Å²) < 4.78 is 47.0. The summed E-state index contributed by atoms with van der Waals surface area (Å²) in [5.41, 5.74) is 0.542. The first-order chi connectivity index (χ1) is 11.9. The summed E-state index contributed by atoms with van der Waals surface area (Å²) in [5, 5.41) is 3.16. The Labute approximate surface area is 168 Å². The number of likely N-dealkylation sites (tertiary alicyclic amines) is 1. The maximum Gasteiger partial charge on any atom is 0.422 e. The minimum atomic E-state index is -4.40. The molecule has 1 saturated heterocycles. The van der Waals surface area contributed by atoms with Crippen LogP contribution in [0.4, 0.5) is 13.2 Å². The SMILES string of the molecule is CN=C(NCc1cccnc1OCC(F)(F)F)N1CCC(COC)C1.I. The number of nitrogens with one attached hydrogen (secondary N) is 1. The number of hydrogen-bond donors (Lipinski definition) is 1. The van der Waals surface area contributed by atoms with Crippen LogP contribution in [0.3, 0.4) is 0 Å². The Morgan fingerprint density at radius 3 is 2.88 bits per heavy atom. The van der Waals surface area contributed by atoms with E-state index in [0.717, 1.165) is 19.5 Å². The molecule has 26 heavy (non-hydrogen) atoms. The van der Waals surface area contributed by atoms with Crippen molar-refractivity contribution in [2.75, 3.05) is 40.5 Å². The van der Waals surface area contributed by atoms with E-state index in [2.05, 4.69) is 20.2 Å². The van der Waals surface area contributed by atoms with Crippen LogP contribution in [0, 0.1) is 5.92 Å². The number of halogens is 4. The normalized spacial score (nSPS) is 17.8. The second-order valence-corrected chi connectivity index (χ2v) is 5.83. The van der Waals surface area contributed by atoms with Gasteiger partial charge in [-0.05, 0) is 12.5 Å². The summed E-state index contributed by atoms with van der Waals surface area (Å²) in [7, 11) is 3.36. The van der Waals surface area contributed by atoms with Gasteiger partial charge >= 0.3 is 6.18 Å². The van der Waals surface area contributed by atoms with Gasteiger partial charge in [0.25, 0.3) is 0 Å². The van der Waals surface area contributed by atoms with Crippen LogP contribution in [0.2, 0.25) is 0 Å². The lowest BCUT2D eigenvalue weighted by molar-refractivity contribution is -0.154. The number of aromatic nitrogens is 1. The number of ether oxygens (including phenoxy) is 2. The van der Waals surface area contributed by atoms with Gasteiger partial charge in [0, 0.05) is 51.5 Å². The number of hydrogen-bond acceptors (Lipinski definition) is 4. The van der Waals surface area contributed by atoms with E-state index in [0.29, 0.717) is 24.0 Å². The van der Waals surface area contributed by atoms with Gasteiger partial charge in [-0.25, -0.2) is 4.98 Å². The van der Waals surface area contributed by atoms with Crippen molar-refractivity contribution in [3.63, 3.8) is 0 Å². The molecule has 0 aliphatic carbocycles. The monoisotopic (exact) mass is 488 g/mol. The van der Waals surface area contributed by atoms with Crippen molar-refractivity contribution < 1.29 is 22.6 Å². The van der Waals surface area contributed by atoms with Crippen molar-refractivity contribution in [1.82, 2.24) is 15.2 Å². The van der Waals surface area contributed by atoms with Gasteiger partial charge < -0.3 is 19.7 Å². The molecular formula is C16H24F3IN4O2. The number of alkyl halides is 3. The molecule has 2 heterocycles. The zero-order chi connectivity index (χ0) is 18.3. The van der Waals surface area contributed by atoms with E-state index >= 15 is 0 Å². The Kier molecular flexibility index (Phi) is 9.41. The van der Waals surface area contributed by atoms with Crippen molar-refractivity contribution >= 4 is 29.9 Å². The molecule has 1 aromatic heterocycles. The molecule has 1 N–H and O–H groups in total. The van der Waals surface area contributed by atoms with Crippen LogP contribution in [0.25, 0.3) is 0 Å². The average Bonchev–Trinajstić information content (AvgIpc) is 3.02. The van der Waals surface area contributed by atoms with E-state index < -0.39 is 12.8 Å². The van der Waals surface area contributed by atoms with Crippen LogP contribution in [-0.2, 0) is 11.3 Å². The lowest BCUT2D eigenvalue weighted by Crippen LogP contribution is -2.40. The maximum absolute atomic E-state index is 12.3. The fourth-order valence-electron chi connectivity index (χ4n) is 2.74. The predicted octanol–water partition coefficient (Wildman–Crippen LogP) is 2.68. The highest BCUT2D eigenvalue weighted by atomic mass is 127. The number of methoxy groups -OCH3 is 1. The standard InChI is InChI=1S/C16H23F3N4O2.HI/c1-20-15(23-7-5-12(9-23)10-24-2)22-8-13-4-3-6-21-14(13)25-11-16(17,18)19;/h3-4,6,12H,5,7-11H2,1-2H3,(H,20,22);1H. The topological polar surface area (TPSA) is 59.0 Å². The Hall–Kier alpha value is -1.30. The average molecular weight is 488 g/mol. The van der Waals surface area contributed by atoms with Crippen LogP contribution in [-0.4, -0.2) is 62.5 Å². The zero-order valence-corrected chi connectivity index (χ0v) is 17.1. The molecule has 1 aromatic rings. The Morgan fingerprint density at radius 1 is 1.46 bits per heavy atom. The van der Waals surface area contributed by atoms with Crippen molar-refractivity contribution in [2.45, 2.75) is 19.1 Å². The second-order valence-electron chi connectivity index (χ2n) is 5.83. The molecule has 1 unspecified atom stereocenters. The summed E-state index contributed by atoms with van der Waals surface area (Å²) in [4.78, 5) is 10.2. The molecule has 0 bridgehead atoms. The molecule has 2 rings (SSSR count). The first-order valence-corrected chi connectivity index (χ1v) is 8.01. The highest BCUT2D eigenvalue weighted by Crippen LogP contribution is 2.20. The van der Waals surface area contributed by atoms with Gasteiger partial charge in [0.05, 0.1) is 6.61 Å². The molecule has 6 nitrogen and oxygen atoms in total. The van der Waals surface area contributed by atoms with Crippen LogP contribution in [0.1, 0.15) is 12.0 Å². The molecule has 1 aliphatic rings. The number of nitrogens with zero attached hydrogens (tertiary/aromatic N) is 3. The van der Waals surface area contributed by atoms with Gasteiger partial charge in [-0.1, -0.05) is 6.07 Å². The highest BCUT2D eigenvalue weighted by molar-refractivity contribution is 14.0. The summed E-state index contributed by atoms with van der Waals surface area (Å²) in [5.74, 6) is 1.12. The number of guanidine groups is 1. The van der Waals surface area contributed by atoms with Gasteiger partial charge in [-0.15, -0.1) is 24.0 Å². The van der Waals surface area contributed by atoms with E-state index in [-0.39, 0.29) is 36.4 Å². The van der Waals surface area contributed by atoms with Crippen molar-refractivity contribution in [1.29, 1.82) is 0 Å². The summed E-state index contributed by atoms with van der Waals surface area (Å²) in [6.07, 6.45) is -1.98. The molecule has 0 saturated carbocycles. The Balaban J connectivity index is 0.00000338. The minimum Gasteiger partial charge on any atom is -0.468 e. The number of pyridine rings is 1. The molecule has 0 spiro atoms. The highest BCUT2D eigenvalue weighted by Gasteiger charge is 2.29. The van der Waals surface area contributed by atoms with Crippen molar-refractivity contribution in [2.24, 2.45) is 10.9 Å². The van der Waals surface area contributed by atoms with Crippen LogP contribution >= 0.6 is 24.0 Å². The zero-order valence-electron chi connectivity index (χ0n) is 14.8. The largest absolute Gasteiger partial charge is 0.468 e. The van der Waals surface area contributed by atoms with Gasteiger partial charge in [-0.3, -0.25) is 4.99 Å². The summed E-state index contributed by atoms with van der Waals surface area (Å²) in [6, 6.07) is 3.33. The Morgan fingerprint density at radius 2 is 2.23 bits per heavy atom. The summed E-state index contributed by atoms with van der Waals surface area (Å²) >= 11 is 0. The molecule has 148 valence electrons. The van der Waals surface area contributed by atoms with E-state index in [9.17, 15) is 13.2 Å². The van der Waals surface area contributed by atoms with Crippen LogP contribution < -0.4 is 10.1 Å². The molecule has 0 amide bonds. The molecule has 1 atom stereocenters. The van der Waals surface area contributed by atoms with E-state index in [1.807, 2.05) is 0 Å². The minimum absolute atomic E-state index is 0. The van der Waals surface area contributed by atoms with Crippen LogP contribution in [0.5, 0.6) is 5.88 Å². The third-order valence-electron chi connectivity index (χ3n) is 3.86. The summed E-state index contributed by atoms with van der Waals surface area (Å²) in [6.45, 7) is 1.30. The van der Waals surface area contributed by atoms with Gasteiger partial charge in [-0.2, -0.15) is 13.2 Å². The predicted molar refractivity (Wildman–Crippen MR) is 103 cm³/mol. The third-order valence-corrected chi connectivity index (χ3v) is 3.86. The Bertz CT molecular complexity index is 587. The third kappa shape index (κ3) is 7.14. The molecule has 1 aliphatic heterocycles. The van der Waals surface area contributed by atoms with Crippen molar-refractivity contribution in [3.05, 3.63) is 23.9 Å². The van der Waals surface area contributed by atoms with Crippen molar-refractivity contribution in [3.8, 4) is 5.88 Å². The molecule has 1 fully saturated rings. The van der Waals surface area contributed by atoms with E-state index in [1.165, 1.54) is 6.20 Å². The molecule has 10 heteroatoms. The first kappa shape index (κ1) is 22.7.